The van der Waals surface area contributed by atoms with Gasteiger partial charge in [0.05, 0.1) is 11.4 Å². The summed E-state index contributed by atoms with van der Waals surface area (Å²) in [6, 6.07) is 10.4. The molecule has 0 spiro atoms. The van der Waals surface area contributed by atoms with E-state index in [1.807, 2.05) is 12.1 Å². The van der Waals surface area contributed by atoms with Gasteiger partial charge in [-0.1, -0.05) is 18.2 Å². The molecule has 1 aliphatic heterocycles. The number of imidazole rings is 1. The van der Waals surface area contributed by atoms with E-state index in [1.165, 1.54) is 11.3 Å². The molecule has 1 atom stereocenters. The lowest BCUT2D eigenvalue weighted by Crippen LogP contribution is -2.05. The maximum atomic E-state index is 4.61. The third kappa shape index (κ3) is 1.73. The molecule has 5 heteroatoms. The Labute approximate surface area is 118 Å². The molecule has 0 saturated carbocycles. The summed E-state index contributed by atoms with van der Waals surface area (Å²) in [7, 11) is 0. The van der Waals surface area contributed by atoms with Crippen LogP contribution in [0.15, 0.2) is 41.0 Å². The Morgan fingerprint density at radius 1 is 1.26 bits per heavy atom. The molecule has 0 fully saturated rings. The van der Waals surface area contributed by atoms with Crippen LogP contribution in [0.25, 0.3) is 11.2 Å². The first kappa shape index (κ1) is 11.0. The van der Waals surface area contributed by atoms with Gasteiger partial charge in [0.25, 0.3) is 0 Å². The van der Waals surface area contributed by atoms with E-state index < -0.39 is 0 Å². The van der Waals surface area contributed by atoms with Crippen molar-refractivity contribution in [3.05, 3.63) is 52.4 Å². The van der Waals surface area contributed by atoms with Gasteiger partial charge in [0.2, 0.25) is 0 Å². The van der Waals surface area contributed by atoms with Gasteiger partial charge in [0.1, 0.15) is 5.82 Å². The van der Waals surface area contributed by atoms with Crippen molar-refractivity contribution in [3.8, 4) is 0 Å². The summed E-state index contributed by atoms with van der Waals surface area (Å²) in [5, 5.41) is 3.41. The fourth-order valence-corrected chi connectivity index (χ4v) is 2.92. The van der Waals surface area contributed by atoms with Gasteiger partial charge >= 0.3 is 0 Å². The number of anilines is 1. The summed E-state index contributed by atoms with van der Waals surface area (Å²) in [5.41, 5.74) is 4.22. The molecule has 3 aromatic rings. The van der Waals surface area contributed by atoms with Gasteiger partial charge in [-0.2, -0.15) is 0 Å². The predicted molar refractivity (Wildman–Crippen MR) is 78.4 cm³/mol. The zero-order valence-electron chi connectivity index (χ0n) is 10.0. The van der Waals surface area contributed by atoms with E-state index in [0.29, 0.717) is 0 Å². The van der Waals surface area contributed by atoms with Crippen LogP contribution in [0, 0.1) is 0 Å². The SMILES string of the molecule is Brc1cnc2nc(C3CNc4ccccc43)[nH]c2c1. The minimum atomic E-state index is 0.268. The number of fused-ring (bicyclic) bond motifs is 2. The maximum Gasteiger partial charge on any atom is 0.177 e. The lowest BCUT2D eigenvalue weighted by molar-refractivity contribution is 0.835. The Balaban J connectivity index is 1.83. The second-order valence-corrected chi connectivity index (χ2v) is 5.58. The summed E-state index contributed by atoms with van der Waals surface area (Å²) in [5.74, 6) is 1.24. The van der Waals surface area contributed by atoms with Gasteiger partial charge in [0.15, 0.2) is 5.65 Å². The van der Waals surface area contributed by atoms with Crippen molar-refractivity contribution < 1.29 is 0 Å². The number of nitrogens with one attached hydrogen (secondary N) is 2. The van der Waals surface area contributed by atoms with Crippen molar-refractivity contribution in [1.29, 1.82) is 0 Å². The summed E-state index contributed by atoms with van der Waals surface area (Å²) in [6.07, 6.45) is 1.77. The smallest absolute Gasteiger partial charge is 0.177 e. The lowest BCUT2D eigenvalue weighted by atomic mass is 10.0. The number of para-hydroxylation sites is 1. The second kappa shape index (κ2) is 4.06. The molecule has 0 amide bonds. The van der Waals surface area contributed by atoms with E-state index >= 15 is 0 Å². The van der Waals surface area contributed by atoms with Crippen LogP contribution < -0.4 is 5.32 Å². The summed E-state index contributed by atoms with van der Waals surface area (Å²) < 4.78 is 0.958. The van der Waals surface area contributed by atoms with Crippen LogP contribution in [0.5, 0.6) is 0 Å². The van der Waals surface area contributed by atoms with E-state index in [2.05, 4.69) is 54.4 Å². The molecule has 0 radical (unpaired) electrons. The third-order valence-electron chi connectivity index (χ3n) is 3.49. The van der Waals surface area contributed by atoms with Gasteiger partial charge in [0, 0.05) is 22.9 Å². The predicted octanol–water partition coefficient (Wildman–Crippen LogP) is 3.28. The number of H-pyrrole nitrogens is 1. The molecule has 94 valence electrons. The maximum absolute atomic E-state index is 4.61. The molecule has 4 rings (SSSR count). The standard InChI is InChI=1S/C14H11BrN4/c15-8-5-12-14(17-6-8)19-13(18-12)10-7-16-11-4-2-1-3-9(10)11/h1-6,10,16H,7H2,(H,17,18,19). The zero-order chi connectivity index (χ0) is 12.8. The van der Waals surface area contributed by atoms with Crippen LogP contribution in [-0.2, 0) is 0 Å². The van der Waals surface area contributed by atoms with E-state index in [4.69, 9.17) is 0 Å². The largest absolute Gasteiger partial charge is 0.384 e. The zero-order valence-corrected chi connectivity index (χ0v) is 11.6. The topological polar surface area (TPSA) is 53.6 Å². The molecule has 0 aliphatic carbocycles. The lowest BCUT2D eigenvalue weighted by Gasteiger charge is -2.05. The first-order valence-electron chi connectivity index (χ1n) is 6.15. The van der Waals surface area contributed by atoms with E-state index in [0.717, 1.165) is 28.0 Å². The molecular formula is C14H11BrN4. The molecule has 0 bridgehead atoms. The fraction of sp³-hybridized carbons (Fsp3) is 0.143. The Hall–Kier alpha value is -1.88. The van der Waals surface area contributed by atoms with Crippen molar-refractivity contribution in [3.63, 3.8) is 0 Å². The summed E-state index contributed by atoms with van der Waals surface area (Å²) >= 11 is 3.43. The van der Waals surface area contributed by atoms with Crippen molar-refractivity contribution in [2.45, 2.75) is 5.92 Å². The van der Waals surface area contributed by atoms with Crippen LogP contribution in [0.4, 0.5) is 5.69 Å². The molecular weight excluding hydrogens is 304 g/mol. The molecule has 4 nitrogen and oxygen atoms in total. The third-order valence-corrected chi connectivity index (χ3v) is 3.92. The number of pyridine rings is 1. The Kier molecular flexibility index (Phi) is 2.35. The highest BCUT2D eigenvalue weighted by atomic mass is 79.9. The highest BCUT2D eigenvalue weighted by Crippen LogP contribution is 2.35. The van der Waals surface area contributed by atoms with E-state index in [1.54, 1.807) is 6.20 Å². The number of aromatic nitrogens is 3. The number of nitrogens with zero attached hydrogens (tertiary/aromatic N) is 2. The first-order valence-corrected chi connectivity index (χ1v) is 6.94. The monoisotopic (exact) mass is 314 g/mol. The van der Waals surface area contributed by atoms with Gasteiger partial charge in [-0.3, -0.25) is 0 Å². The van der Waals surface area contributed by atoms with Gasteiger partial charge in [-0.25, -0.2) is 9.97 Å². The minimum absolute atomic E-state index is 0.268. The van der Waals surface area contributed by atoms with Gasteiger partial charge in [-0.15, -0.1) is 0 Å². The number of halogens is 1. The quantitative estimate of drug-likeness (QED) is 0.724. The summed E-state index contributed by atoms with van der Waals surface area (Å²) in [6.45, 7) is 0.875. The average Bonchev–Trinajstić information content (AvgIpc) is 3.00. The first-order chi connectivity index (χ1) is 9.31. The van der Waals surface area contributed by atoms with E-state index in [9.17, 15) is 0 Å². The second-order valence-electron chi connectivity index (χ2n) is 4.67. The molecule has 1 aromatic carbocycles. The van der Waals surface area contributed by atoms with Crippen molar-refractivity contribution >= 4 is 32.8 Å². The van der Waals surface area contributed by atoms with Crippen LogP contribution >= 0.6 is 15.9 Å². The van der Waals surface area contributed by atoms with Crippen molar-refractivity contribution in [1.82, 2.24) is 15.0 Å². The number of hydrogen-bond donors (Lipinski definition) is 2. The number of hydrogen-bond acceptors (Lipinski definition) is 3. The molecule has 1 unspecified atom stereocenters. The van der Waals surface area contributed by atoms with E-state index in [-0.39, 0.29) is 5.92 Å². The molecule has 2 aromatic heterocycles. The molecule has 0 saturated heterocycles. The van der Waals surface area contributed by atoms with Crippen molar-refractivity contribution in [2.24, 2.45) is 0 Å². The van der Waals surface area contributed by atoms with Crippen LogP contribution in [-0.4, -0.2) is 21.5 Å². The number of aromatic amines is 1. The molecule has 1 aliphatic rings. The van der Waals surface area contributed by atoms with Crippen LogP contribution in [0.3, 0.4) is 0 Å². The average molecular weight is 315 g/mol. The van der Waals surface area contributed by atoms with Gasteiger partial charge < -0.3 is 10.3 Å². The fourth-order valence-electron chi connectivity index (χ4n) is 2.59. The molecule has 3 heterocycles. The Morgan fingerprint density at radius 2 is 2.16 bits per heavy atom. The van der Waals surface area contributed by atoms with Crippen LogP contribution in [0.1, 0.15) is 17.3 Å². The van der Waals surface area contributed by atoms with Crippen molar-refractivity contribution in [2.75, 3.05) is 11.9 Å². The minimum Gasteiger partial charge on any atom is -0.384 e. The number of benzene rings is 1. The molecule has 2 N–H and O–H groups in total. The Morgan fingerprint density at radius 3 is 3.11 bits per heavy atom. The highest BCUT2D eigenvalue weighted by molar-refractivity contribution is 9.10. The van der Waals surface area contributed by atoms with Gasteiger partial charge in [-0.05, 0) is 33.6 Å². The van der Waals surface area contributed by atoms with Crippen LogP contribution in [0.2, 0.25) is 0 Å². The normalized spacial score (nSPS) is 17.4. The highest BCUT2D eigenvalue weighted by Gasteiger charge is 2.25. The number of rotatable bonds is 1. The molecule has 19 heavy (non-hydrogen) atoms. The Bertz CT molecular complexity index is 765. The summed E-state index contributed by atoms with van der Waals surface area (Å²) in [4.78, 5) is 12.3.